The summed E-state index contributed by atoms with van der Waals surface area (Å²) in [4.78, 5) is 17.2. The maximum Gasteiger partial charge on any atom is 0.265 e. The van der Waals surface area contributed by atoms with E-state index in [1.165, 1.54) is 0 Å². The van der Waals surface area contributed by atoms with E-state index in [-0.39, 0.29) is 5.56 Å². The van der Waals surface area contributed by atoms with Crippen molar-refractivity contribution in [2.75, 3.05) is 0 Å². The van der Waals surface area contributed by atoms with E-state index in [0.717, 1.165) is 16.8 Å². The van der Waals surface area contributed by atoms with Crippen molar-refractivity contribution in [2.45, 2.75) is 13.8 Å². The lowest BCUT2D eigenvalue weighted by Gasteiger charge is -2.13. The highest BCUT2D eigenvalue weighted by atomic mass is 35.5. The van der Waals surface area contributed by atoms with Crippen molar-refractivity contribution in [3.05, 3.63) is 69.2 Å². The van der Waals surface area contributed by atoms with Crippen LogP contribution in [0.1, 0.15) is 11.4 Å². The van der Waals surface area contributed by atoms with Crippen LogP contribution in [0.5, 0.6) is 0 Å². The molecule has 1 aromatic heterocycles. The Morgan fingerprint density at radius 2 is 1.85 bits per heavy atom. The van der Waals surface area contributed by atoms with Gasteiger partial charge in [-0.25, -0.2) is 4.98 Å². The normalized spacial score (nSPS) is 10.9. The van der Waals surface area contributed by atoms with Gasteiger partial charge in [-0.05, 0) is 49.7 Å². The Hall–Kier alpha value is -2.13. The predicted molar refractivity (Wildman–Crippen MR) is 81.8 cm³/mol. The molecule has 0 spiro atoms. The minimum atomic E-state index is -0.0569. The number of aromatic nitrogens is 2. The molecule has 0 bridgehead atoms. The molecule has 1 heterocycles. The third kappa shape index (κ3) is 2.00. The quantitative estimate of drug-likeness (QED) is 0.683. The summed E-state index contributed by atoms with van der Waals surface area (Å²) in [7, 11) is 0. The fraction of sp³-hybridized carbons (Fsp3) is 0.125. The average molecular weight is 285 g/mol. The summed E-state index contributed by atoms with van der Waals surface area (Å²) in [5, 5.41) is 1.28. The van der Waals surface area contributed by atoms with Crippen molar-refractivity contribution in [2.24, 2.45) is 0 Å². The molecule has 0 saturated heterocycles. The third-order valence-corrected chi connectivity index (χ3v) is 3.58. The SMILES string of the molecule is Cc1cc(Cl)ccc1-n1c(C)nc2ccccc2c1=O. The van der Waals surface area contributed by atoms with Crippen LogP contribution in [0.3, 0.4) is 0 Å². The number of hydrogen-bond acceptors (Lipinski definition) is 2. The van der Waals surface area contributed by atoms with Crippen molar-refractivity contribution in [3.63, 3.8) is 0 Å². The lowest BCUT2D eigenvalue weighted by molar-refractivity contribution is 0.888. The predicted octanol–water partition coefficient (Wildman–Crippen LogP) is 3.66. The standard InChI is InChI=1S/C16H13ClN2O/c1-10-9-12(17)7-8-15(10)19-11(2)18-14-6-4-3-5-13(14)16(19)20/h3-9H,1-2H3. The Bertz CT molecular complexity index is 868. The minimum Gasteiger partial charge on any atom is -0.268 e. The highest BCUT2D eigenvalue weighted by Crippen LogP contribution is 2.19. The number of para-hydroxylation sites is 1. The summed E-state index contributed by atoms with van der Waals surface area (Å²) in [5.41, 5.74) is 2.42. The van der Waals surface area contributed by atoms with Gasteiger partial charge in [-0.2, -0.15) is 0 Å². The summed E-state index contributed by atoms with van der Waals surface area (Å²) in [5.74, 6) is 0.666. The first kappa shape index (κ1) is 12.9. The van der Waals surface area contributed by atoms with Gasteiger partial charge in [-0.1, -0.05) is 23.7 Å². The topological polar surface area (TPSA) is 34.9 Å². The molecule has 3 rings (SSSR count). The van der Waals surface area contributed by atoms with E-state index >= 15 is 0 Å². The number of aryl methyl sites for hydroxylation is 2. The first-order valence-electron chi connectivity index (χ1n) is 6.33. The Labute approximate surface area is 121 Å². The highest BCUT2D eigenvalue weighted by molar-refractivity contribution is 6.30. The van der Waals surface area contributed by atoms with Crippen molar-refractivity contribution in [3.8, 4) is 5.69 Å². The number of hydrogen-bond donors (Lipinski definition) is 0. The number of fused-ring (bicyclic) bond motifs is 1. The number of benzene rings is 2. The summed E-state index contributed by atoms with van der Waals surface area (Å²) in [6.45, 7) is 3.77. The summed E-state index contributed by atoms with van der Waals surface area (Å²) < 4.78 is 1.63. The number of nitrogens with zero attached hydrogens (tertiary/aromatic N) is 2. The molecule has 0 radical (unpaired) electrons. The molecule has 3 aromatic rings. The molecule has 0 aliphatic rings. The molecular formula is C16H13ClN2O. The van der Waals surface area contributed by atoms with Crippen LogP contribution >= 0.6 is 11.6 Å². The Balaban J connectivity index is 2.39. The van der Waals surface area contributed by atoms with Crippen molar-refractivity contribution < 1.29 is 0 Å². The van der Waals surface area contributed by atoms with Gasteiger partial charge in [0.15, 0.2) is 0 Å². The van der Waals surface area contributed by atoms with Crippen LogP contribution in [0.2, 0.25) is 5.02 Å². The molecule has 100 valence electrons. The molecule has 4 heteroatoms. The molecule has 0 atom stereocenters. The van der Waals surface area contributed by atoms with Gasteiger partial charge in [-0.15, -0.1) is 0 Å². The summed E-state index contributed by atoms with van der Waals surface area (Å²) >= 11 is 5.98. The zero-order valence-corrected chi connectivity index (χ0v) is 12.0. The first-order chi connectivity index (χ1) is 9.58. The van der Waals surface area contributed by atoms with E-state index < -0.39 is 0 Å². The van der Waals surface area contributed by atoms with Crippen LogP contribution in [-0.2, 0) is 0 Å². The van der Waals surface area contributed by atoms with Crippen LogP contribution in [0.15, 0.2) is 47.3 Å². The van der Waals surface area contributed by atoms with Crippen LogP contribution in [0, 0.1) is 13.8 Å². The van der Waals surface area contributed by atoms with Gasteiger partial charge in [0.2, 0.25) is 0 Å². The van der Waals surface area contributed by atoms with Gasteiger partial charge in [-0.3, -0.25) is 9.36 Å². The second kappa shape index (κ2) is 4.76. The lowest BCUT2D eigenvalue weighted by Crippen LogP contribution is -2.22. The Morgan fingerprint density at radius 1 is 1.10 bits per heavy atom. The smallest absolute Gasteiger partial charge is 0.265 e. The molecule has 0 aliphatic heterocycles. The van der Waals surface area contributed by atoms with Crippen molar-refractivity contribution >= 4 is 22.5 Å². The van der Waals surface area contributed by atoms with E-state index in [1.807, 2.05) is 44.2 Å². The molecule has 2 aromatic carbocycles. The van der Waals surface area contributed by atoms with E-state index in [9.17, 15) is 4.79 Å². The van der Waals surface area contributed by atoms with Gasteiger partial charge in [0.05, 0.1) is 16.6 Å². The molecule has 0 aliphatic carbocycles. The van der Waals surface area contributed by atoms with E-state index in [0.29, 0.717) is 16.2 Å². The van der Waals surface area contributed by atoms with Gasteiger partial charge in [0, 0.05) is 5.02 Å². The maximum atomic E-state index is 12.7. The third-order valence-electron chi connectivity index (χ3n) is 3.34. The van der Waals surface area contributed by atoms with E-state index in [4.69, 9.17) is 11.6 Å². The molecule has 0 saturated carbocycles. The number of rotatable bonds is 1. The fourth-order valence-electron chi connectivity index (χ4n) is 2.40. The lowest BCUT2D eigenvalue weighted by atomic mass is 10.2. The second-order valence-electron chi connectivity index (χ2n) is 4.75. The van der Waals surface area contributed by atoms with Crippen molar-refractivity contribution in [1.29, 1.82) is 0 Å². The van der Waals surface area contributed by atoms with E-state index in [1.54, 1.807) is 16.7 Å². The molecule has 0 amide bonds. The van der Waals surface area contributed by atoms with Gasteiger partial charge in [0.25, 0.3) is 5.56 Å². The molecular weight excluding hydrogens is 272 g/mol. The molecule has 3 nitrogen and oxygen atoms in total. The van der Waals surface area contributed by atoms with Crippen molar-refractivity contribution in [1.82, 2.24) is 9.55 Å². The fourth-order valence-corrected chi connectivity index (χ4v) is 2.62. The molecule has 0 unspecified atom stereocenters. The Morgan fingerprint density at radius 3 is 2.60 bits per heavy atom. The molecule has 0 N–H and O–H groups in total. The Kier molecular flexibility index (Phi) is 3.07. The summed E-state index contributed by atoms with van der Waals surface area (Å²) in [6.07, 6.45) is 0. The van der Waals surface area contributed by atoms with Crippen LogP contribution < -0.4 is 5.56 Å². The van der Waals surface area contributed by atoms with E-state index in [2.05, 4.69) is 4.98 Å². The molecule has 20 heavy (non-hydrogen) atoms. The zero-order chi connectivity index (χ0) is 14.3. The minimum absolute atomic E-state index is 0.0569. The number of halogens is 1. The van der Waals surface area contributed by atoms with Gasteiger partial charge in [0.1, 0.15) is 5.82 Å². The largest absolute Gasteiger partial charge is 0.268 e. The summed E-state index contributed by atoms with van der Waals surface area (Å²) in [6, 6.07) is 12.9. The first-order valence-corrected chi connectivity index (χ1v) is 6.70. The van der Waals surface area contributed by atoms with Gasteiger partial charge < -0.3 is 0 Å². The highest BCUT2D eigenvalue weighted by Gasteiger charge is 2.11. The second-order valence-corrected chi connectivity index (χ2v) is 5.18. The molecule has 0 fully saturated rings. The van der Waals surface area contributed by atoms with Gasteiger partial charge >= 0.3 is 0 Å². The monoisotopic (exact) mass is 284 g/mol. The van der Waals surface area contributed by atoms with Crippen LogP contribution in [0.4, 0.5) is 0 Å². The van der Waals surface area contributed by atoms with Crippen LogP contribution in [-0.4, -0.2) is 9.55 Å². The van der Waals surface area contributed by atoms with Crippen LogP contribution in [0.25, 0.3) is 16.6 Å². The average Bonchev–Trinajstić information content (AvgIpc) is 2.41. The zero-order valence-electron chi connectivity index (χ0n) is 11.2. The maximum absolute atomic E-state index is 12.7.